The molecule has 1 atom stereocenters. The van der Waals surface area contributed by atoms with Crippen LogP contribution < -0.4 is 10.6 Å². The summed E-state index contributed by atoms with van der Waals surface area (Å²) in [6.45, 7) is 4.76. The van der Waals surface area contributed by atoms with Crippen LogP contribution in [0.4, 0.5) is 5.69 Å². The Bertz CT molecular complexity index is 669. The van der Waals surface area contributed by atoms with E-state index in [0.717, 1.165) is 0 Å². The minimum atomic E-state index is -0.775. The number of rotatable bonds is 9. The number of methoxy groups -OCH3 is 1. The molecule has 0 saturated carbocycles. The van der Waals surface area contributed by atoms with Gasteiger partial charge >= 0.3 is 11.9 Å². The van der Waals surface area contributed by atoms with Crippen molar-refractivity contribution in [3.63, 3.8) is 0 Å². The van der Waals surface area contributed by atoms with Crippen LogP contribution >= 0.6 is 0 Å². The Hall–Kier alpha value is -2.90. The van der Waals surface area contributed by atoms with E-state index in [1.54, 1.807) is 24.3 Å². The first-order valence-electron chi connectivity index (χ1n) is 8.60. The molecule has 8 nitrogen and oxygen atoms in total. The molecule has 0 aliphatic carbocycles. The van der Waals surface area contributed by atoms with Crippen molar-refractivity contribution in [3.8, 4) is 0 Å². The van der Waals surface area contributed by atoms with Gasteiger partial charge in [0.2, 0.25) is 5.91 Å². The third kappa shape index (κ3) is 8.84. The van der Waals surface area contributed by atoms with E-state index in [0.29, 0.717) is 17.7 Å². The molecule has 8 heteroatoms. The first-order valence-corrected chi connectivity index (χ1v) is 8.60. The molecule has 0 aromatic heterocycles. The van der Waals surface area contributed by atoms with Crippen molar-refractivity contribution in [2.45, 2.75) is 39.7 Å². The van der Waals surface area contributed by atoms with Gasteiger partial charge in [-0.1, -0.05) is 26.0 Å². The SMILES string of the molecule is COC(=O)[C@@H](CC(C)C)NC(=O)COC(=O)Cc1ccc(NC(C)=O)cc1. The fraction of sp³-hybridized carbons (Fsp3) is 0.474. The number of hydrogen-bond donors (Lipinski definition) is 2. The molecule has 0 aliphatic rings. The molecule has 1 rings (SSSR count). The summed E-state index contributed by atoms with van der Waals surface area (Å²) < 4.78 is 9.61. The van der Waals surface area contributed by atoms with Crippen LogP contribution in [0.2, 0.25) is 0 Å². The van der Waals surface area contributed by atoms with Crippen LogP contribution in [-0.4, -0.2) is 43.5 Å². The number of benzene rings is 1. The predicted molar refractivity (Wildman–Crippen MR) is 98.8 cm³/mol. The van der Waals surface area contributed by atoms with E-state index in [-0.39, 0.29) is 18.2 Å². The monoisotopic (exact) mass is 378 g/mol. The Morgan fingerprint density at radius 2 is 1.70 bits per heavy atom. The molecule has 0 saturated heterocycles. The van der Waals surface area contributed by atoms with E-state index in [1.807, 2.05) is 13.8 Å². The number of ether oxygens (including phenoxy) is 2. The van der Waals surface area contributed by atoms with Gasteiger partial charge in [0.25, 0.3) is 5.91 Å². The average molecular weight is 378 g/mol. The second-order valence-corrected chi connectivity index (χ2v) is 6.49. The fourth-order valence-electron chi connectivity index (χ4n) is 2.34. The van der Waals surface area contributed by atoms with Gasteiger partial charge in [0.15, 0.2) is 6.61 Å². The fourth-order valence-corrected chi connectivity index (χ4v) is 2.34. The van der Waals surface area contributed by atoms with Crippen molar-refractivity contribution in [1.29, 1.82) is 0 Å². The predicted octanol–water partition coefficient (Wildman–Crippen LogP) is 1.43. The smallest absolute Gasteiger partial charge is 0.328 e. The third-order valence-corrected chi connectivity index (χ3v) is 3.52. The highest BCUT2D eigenvalue weighted by Gasteiger charge is 2.23. The molecule has 27 heavy (non-hydrogen) atoms. The molecule has 148 valence electrons. The third-order valence-electron chi connectivity index (χ3n) is 3.52. The zero-order valence-corrected chi connectivity index (χ0v) is 16.0. The van der Waals surface area contributed by atoms with Gasteiger partial charge in [0.05, 0.1) is 13.5 Å². The van der Waals surface area contributed by atoms with Crippen LogP contribution in [0.1, 0.15) is 32.8 Å². The first-order chi connectivity index (χ1) is 12.7. The van der Waals surface area contributed by atoms with Gasteiger partial charge in [-0.25, -0.2) is 4.79 Å². The van der Waals surface area contributed by atoms with Crippen molar-refractivity contribution < 1.29 is 28.7 Å². The summed E-state index contributed by atoms with van der Waals surface area (Å²) in [6, 6.07) is 5.93. The summed E-state index contributed by atoms with van der Waals surface area (Å²) in [7, 11) is 1.25. The molecule has 0 fully saturated rings. The summed E-state index contributed by atoms with van der Waals surface area (Å²) in [6.07, 6.45) is 0.410. The molecular weight excluding hydrogens is 352 g/mol. The molecule has 0 radical (unpaired) electrons. The zero-order valence-electron chi connectivity index (χ0n) is 16.0. The van der Waals surface area contributed by atoms with Crippen molar-refractivity contribution in [2.24, 2.45) is 5.92 Å². The van der Waals surface area contributed by atoms with Gasteiger partial charge in [-0.15, -0.1) is 0 Å². The van der Waals surface area contributed by atoms with E-state index in [9.17, 15) is 19.2 Å². The number of hydrogen-bond acceptors (Lipinski definition) is 6. The topological polar surface area (TPSA) is 111 Å². The zero-order chi connectivity index (χ0) is 20.4. The maximum absolute atomic E-state index is 11.9. The van der Waals surface area contributed by atoms with Crippen LogP contribution in [-0.2, 0) is 35.1 Å². The van der Waals surface area contributed by atoms with Gasteiger partial charge in [-0.2, -0.15) is 0 Å². The largest absolute Gasteiger partial charge is 0.467 e. The molecule has 1 aromatic carbocycles. The molecule has 0 unspecified atom stereocenters. The highest BCUT2D eigenvalue weighted by molar-refractivity contribution is 5.89. The maximum atomic E-state index is 11.9. The minimum absolute atomic E-state index is 0.0138. The summed E-state index contributed by atoms with van der Waals surface area (Å²) in [4.78, 5) is 46.4. The molecule has 2 amide bonds. The number of carbonyl (C=O) groups excluding carboxylic acids is 4. The van der Waals surface area contributed by atoms with E-state index in [2.05, 4.69) is 15.4 Å². The van der Waals surface area contributed by atoms with Crippen molar-refractivity contribution >= 4 is 29.4 Å². The standard InChI is InChI=1S/C19H26N2O6/c1-12(2)9-16(19(25)26-4)21-17(23)11-27-18(24)10-14-5-7-15(8-6-14)20-13(3)22/h5-8,12,16H,9-11H2,1-4H3,(H,20,22)(H,21,23)/t16-/m1/s1. The lowest BCUT2D eigenvalue weighted by Gasteiger charge is -2.18. The molecule has 0 aliphatic heterocycles. The van der Waals surface area contributed by atoms with Gasteiger partial charge in [-0.3, -0.25) is 14.4 Å². The van der Waals surface area contributed by atoms with Crippen molar-refractivity contribution in [1.82, 2.24) is 5.32 Å². The highest BCUT2D eigenvalue weighted by Crippen LogP contribution is 2.10. The van der Waals surface area contributed by atoms with Gasteiger partial charge in [0, 0.05) is 12.6 Å². The highest BCUT2D eigenvalue weighted by atomic mass is 16.5. The molecule has 1 aromatic rings. The van der Waals surface area contributed by atoms with Crippen LogP contribution in [0.3, 0.4) is 0 Å². The second kappa shape index (κ2) is 10.9. The van der Waals surface area contributed by atoms with Gasteiger partial charge in [0.1, 0.15) is 6.04 Å². The number of anilines is 1. The molecule has 0 bridgehead atoms. The summed E-state index contributed by atoms with van der Waals surface area (Å²) >= 11 is 0. The minimum Gasteiger partial charge on any atom is -0.467 e. The van der Waals surface area contributed by atoms with E-state index < -0.39 is 30.5 Å². The Labute approximate surface area is 158 Å². The molecule has 0 spiro atoms. The normalized spacial score (nSPS) is 11.4. The summed E-state index contributed by atoms with van der Waals surface area (Å²) in [5.74, 6) is -1.69. The summed E-state index contributed by atoms with van der Waals surface area (Å²) in [5, 5.41) is 5.14. The van der Waals surface area contributed by atoms with Crippen molar-refractivity contribution in [2.75, 3.05) is 19.0 Å². The maximum Gasteiger partial charge on any atom is 0.328 e. The van der Waals surface area contributed by atoms with Crippen molar-refractivity contribution in [3.05, 3.63) is 29.8 Å². The number of amides is 2. The lowest BCUT2D eigenvalue weighted by Crippen LogP contribution is -2.44. The van der Waals surface area contributed by atoms with E-state index in [1.165, 1.54) is 14.0 Å². The van der Waals surface area contributed by atoms with E-state index in [4.69, 9.17) is 4.74 Å². The van der Waals surface area contributed by atoms with Crippen LogP contribution in [0.25, 0.3) is 0 Å². The van der Waals surface area contributed by atoms with Gasteiger partial charge < -0.3 is 20.1 Å². The molecular formula is C19H26N2O6. The summed E-state index contributed by atoms with van der Waals surface area (Å²) in [5.41, 5.74) is 1.31. The first kappa shape index (κ1) is 22.1. The number of esters is 2. The lowest BCUT2D eigenvalue weighted by molar-refractivity contribution is -0.150. The Balaban J connectivity index is 2.47. The molecule has 0 heterocycles. The average Bonchev–Trinajstić information content (AvgIpc) is 2.59. The number of carbonyl (C=O) groups is 4. The van der Waals surface area contributed by atoms with E-state index >= 15 is 0 Å². The van der Waals surface area contributed by atoms with Gasteiger partial charge in [-0.05, 0) is 30.0 Å². The quantitative estimate of drug-likeness (QED) is 0.629. The Morgan fingerprint density at radius 1 is 1.07 bits per heavy atom. The van der Waals surface area contributed by atoms with Crippen LogP contribution in [0.15, 0.2) is 24.3 Å². The van der Waals surface area contributed by atoms with Crippen LogP contribution in [0, 0.1) is 5.92 Å². The number of nitrogens with one attached hydrogen (secondary N) is 2. The Kier molecular flexibility index (Phi) is 8.98. The lowest BCUT2D eigenvalue weighted by atomic mass is 10.0. The van der Waals surface area contributed by atoms with Crippen LogP contribution in [0.5, 0.6) is 0 Å². The molecule has 2 N–H and O–H groups in total. The Morgan fingerprint density at radius 3 is 2.22 bits per heavy atom. The second-order valence-electron chi connectivity index (χ2n) is 6.49.